The molecule has 1 aromatic rings. The third-order valence-corrected chi connectivity index (χ3v) is 5.88. The van der Waals surface area contributed by atoms with Crippen LogP contribution in [0.2, 0.25) is 0 Å². The first-order chi connectivity index (χ1) is 11.8. The van der Waals surface area contributed by atoms with E-state index in [0.29, 0.717) is 5.41 Å². The Morgan fingerprint density at radius 2 is 1.71 bits per heavy atom. The molecule has 1 saturated carbocycles. The molecule has 1 N–H and O–H groups in total. The van der Waals surface area contributed by atoms with Crippen molar-refractivity contribution in [2.45, 2.75) is 56.8 Å². The highest BCUT2D eigenvalue weighted by molar-refractivity contribution is 5.33. The van der Waals surface area contributed by atoms with Crippen molar-refractivity contribution in [3.63, 3.8) is 0 Å². The summed E-state index contributed by atoms with van der Waals surface area (Å²) in [6.07, 6.45) is 10.6. The summed E-state index contributed by atoms with van der Waals surface area (Å²) >= 11 is 0. The van der Waals surface area contributed by atoms with Gasteiger partial charge in [-0.1, -0.05) is 31.4 Å². The van der Waals surface area contributed by atoms with Crippen molar-refractivity contribution in [3.05, 3.63) is 29.8 Å². The molecule has 1 aliphatic carbocycles. The quantitative estimate of drug-likeness (QED) is 0.730. The predicted octanol–water partition coefficient (Wildman–Crippen LogP) is 3.97. The van der Waals surface area contributed by atoms with Gasteiger partial charge in [0.15, 0.2) is 0 Å². The van der Waals surface area contributed by atoms with E-state index in [1.165, 1.54) is 70.1 Å². The van der Waals surface area contributed by atoms with E-state index >= 15 is 0 Å². The molecule has 0 radical (unpaired) electrons. The Hall–Kier alpha value is -1.06. The van der Waals surface area contributed by atoms with Gasteiger partial charge in [-0.05, 0) is 69.9 Å². The SMILES string of the molecule is CNCC1(c2ccc(OCCCN3CCCC3)cc2)CCCCC1. The van der Waals surface area contributed by atoms with Crippen molar-refractivity contribution < 1.29 is 4.74 Å². The predicted molar refractivity (Wildman–Crippen MR) is 101 cm³/mol. The topological polar surface area (TPSA) is 24.5 Å². The zero-order valence-electron chi connectivity index (χ0n) is 15.4. The largest absolute Gasteiger partial charge is 0.494 e. The molecular weight excluding hydrogens is 296 g/mol. The fourth-order valence-corrected chi connectivity index (χ4v) is 4.52. The van der Waals surface area contributed by atoms with Gasteiger partial charge in [0.1, 0.15) is 5.75 Å². The molecule has 134 valence electrons. The van der Waals surface area contributed by atoms with Gasteiger partial charge in [-0.2, -0.15) is 0 Å². The number of hydrogen-bond donors (Lipinski definition) is 1. The van der Waals surface area contributed by atoms with Gasteiger partial charge in [0, 0.05) is 18.5 Å². The molecule has 0 bridgehead atoms. The molecule has 1 aliphatic heterocycles. The smallest absolute Gasteiger partial charge is 0.119 e. The highest BCUT2D eigenvalue weighted by atomic mass is 16.5. The van der Waals surface area contributed by atoms with Gasteiger partial charge in [0.2, 0.25) is 0 Å². The van der Waals surface area contributed by atoms with Crippen molar-refractivity contribution in [2.75, 3.05) is 39.8 Å². The summed E-state index contributed by atoms with van der Waals surface area (Å²) in [4.78, 5) is 2.55. The van der Waals surface area contributed by atoms with Gasteiger partial charge in [-0.3, -0.25) is 0 Å². The average molecular weight is 331 g/mol. The second-order valence-electron chi connectivity index (χ2n) is 7.65. The summed E-state index contributed by atoms with van der Waals surface area (Å²) in [7, 11) is 2.08. The van der Waals surface area contributed by atoms with Gasteiger partial charge in [0.25, 0.3) is 0 Å². The van der Waals surface area contributed by atoms with Crippen molar-refractivity contribution >= 4 is 0 Å². The average Bonchev–Trinajstić information content (AvgIpc) is 3.14. The number of hydrogen-bond acceptors (Lipinski definition) is 3. The Morgan fingerprint density at radius 1 is 1.00 bits per heavy atom. The molecule has 3 rings (SSSR count). The number of benzene rings is 1. The minimum Gasteiger partial charge on any atom is -0.494 e. The highest BCUT2D eigenvalue weighted by Crippen LogP contribution is 2.39. The lowest BCUT2D eigenvalue weighted by atomic mass is 9.69. The first-order valence-corrected chi connectivity index (χ1v) is 9.93. The summed E-state index contributed by atoms with van der Waals surface area (Å²) in [5.41, 5.74) is 1.82. The molecule has 0 atom stereocenters. The first-order valence-electron chi connectivity index (χ1n) is 9.93. The van der Waals surface area contributed by atoms with Crippen molar-refractivity contribution in [3.8, 4) is 5.75 Å². The van der Waals surface area contributed by atoms with Gasteiger partial charge in [-0.15, -0.1) is 0 Å². The fourth-order valence-electron chi connectivity index (χ4n) is 4.52. The minimum absolute atomic E-state index is 0.335. The van der Waals surface area contributed by atoms with Gasteiger partial charge in [0.05, 0.1) is 6.61 Å². The molecule has 24 heavy (non-hydrogen) atoms. The summed E-state index contributed by atoms with van der Waals surface area (Å²) in [6, 6.07) is 8.96. The van der Waals surface area contributed by atoms with E-state index in [4.69, 9.17) is 4.74 Å². The third kappa shape index (κ3) is 4.52. The van der Waals surface area contributed by atoms with Gasteiger partial charge in [-0.25, -0.2) is 0 Å². The number of likely N-dealkylation sites (N-methyl/N-ethyl adjacent to an activating group) is 1. The maximum atomic E-state index is 5.96. The van der Waals surface area contributed by atoms with Crippen LogP contribution in [0.1, 0.15) is 56.9 Å². The Bertz CT molecular complexity index is 468. The van der Waals surface area contributed by atoms with E-state index in [-0.39, 0.29) is 0 Å². The fraction of sp³-hybridized carbons (Fsp3) is 0.714. The molecule has 0 aromatic heterocycles. The molecule has 1 aromatic carbocycles. The highest BCUT2D eigenvalue weighted by Gasteiger charge is 2.33. The van der Waals surface area contributed by atoms with Crippen LogP contribution in [0.3, 0.4) is 0 Å². The number of rotatable bonds is 8. The minimum atomic E-state index is 0.335. The normalized spacial score (nSPS) is 21.0. The van der Waals surface area contributed by atoms with Gasteiger partial charge < -0.3 is 15.0 Å². The van der Waals surface area contributed by atoms with E-state index in [0.717, 1.165) is 25.3 Å². The molecule has 3 heteroatoms. The molecule has 0 spiro atoms. The van der Waals surface area contributed by atoms with Gasteiger partial charge >= 0.3 is 0 Å². The second kappa shape index (κ2) is 8.87. The van der Waals surface area contributed by atoms with Crippen molar-refractivity contribution in [1.82, 2.24) is 10.2 Å². The molecule has 1 saturated heterocycles. The van der Waals surface area contributed by atoms with Crippen molar-refractivity contribution in [1.29, 1.82) is 0 Å². The Morgan fingerprint density at radius 3 is 2.38 bits per heavy atom. The van der Waals surface area contributed by atoms with Crippen LogP contribution < -0.4 is 10.1 Å². The molecule has 0 amide bonds. The van der Waals surface area contributed by atoms with Crippen LogP contribution in [0.15, 0.2) is 24.3 Å². The summed E-state index contributed by atoms with van der Waals surface area (Å²) in [6.45, 7) is 5.66. The standard InChI is InChI=1S/C21H34N2O/c1-22-18-21(12-3-2-4-13-21)19-8-10-20(11-9-19)24-17-7-16-23-14-5-6-15-23/h8-11,22H,2-7,12-18H2,1H3. The van der Waals surface area contributed by atoms with E-state index in [9.17, 15) is 0 Å². The first kappa shape index (κ1) is 17.8. The molecule has 0 unspecified atom stereocenters. The molecule has 1 heterocycles. The number of ether oxygens (including phenoxy) is 1. The maximum Gasteiger partial charge on any atom is 0.119 e. The third-order valence-electron chi connectivity index (χ3n) is 5.88. The summed E-state index contributed by atoms with van der Waals surface area (Å²) in [5, 5.41) is 3.42. The molecule has 2 fully saturated rings. The Balaban J connectivity index is 1.50. The molecule has 2 aliphatic rings. The Kier molecular flexibility index (Phi) is 6.56. The van der Waals surface area contributed by atoms with E-state index < -0.39 is 0 Å². The zero-order chi connectivity index (χ0) is 16.7. The molecular formula is C21H34N2O. The lowest BCUT2D eigenvalue weighted by Gasteiger charge is -2.38. The lowest BCUT2D eigenvalue weighted by Crippen LogP contribution is -2.38. The van der Waals surface area contributed by atoms with E-state index in [1.54, 1.807) is 0 Å². The molecule has 3 nitrogen and oxygen atoms in total. The van der Waals surface area contributed by atoms with Crippen LogP contribution in [0, 0.1) is 0 Å². The van der Waals surface area contributed by atoms with Crippen LogP contribution in [-0.4, -0.2) is 44.7 Å². The Labute approximate surface area is 147 Å². The van der Waals surface area contributed by atoms with Crippen LogP contribution in [0.5, 0.6) is 5.75 Å². The number of nitrogens with zero attached hydrogens (tertiary/aromatic N) is 1. The van der Waals surface area contributed by atoms with Crippen LogP contribution >= 0.6 is 0 Å². The zero-order valence-corrected chi connectivity index (χ0v) is 15.4. The van der Waals surface area contributed by atoms with Crippen LogP contribution in [0.4, 0.5) is 0 Å². The van der Waals surface area contributed by atoms with Crippen LogP contribution in [-0.2, 0) is 5.41 Å². The van der Waals surface area contributed by atoms with Crippen LogP contribution in [0.25, 0.3) is 0 Å². The van der Waals surface area contributed by atoms with Crippen molar-refractivity contribution in [2.24, 2.45) is 0 Å². The number of nitrogens with one attached hydrogen (secondary N) is 1. The second-order valence-corrected chi connectivity index (χ2v) is 7.65. The monoisotopic (exact) mass is 330 g/mol. The summed E-state index contributed by atoms with van der Waals surface area (Å²) < 4.78 is 5.96. The van der Waals surface area contributed by atoms with E-state index in [2.05, 4.69) is 41.5 Å². The maximum absolute atomic E-state index is 5.96. The summed E-state index contributed by atoms with van der Waals surface area (Å²) in [5.74, 6) is 1.02. The number of likely N-dealkylation sites (tertiary alicyclic amines) is 1. The van der Waals surface area contributed by atoms with E-state index in [1.807, 2.05) is 0 Å². The lowest BCUT2D eigenvalue weighted by molar-refractivity contribution is 0.262.